The van der Waals surface area contributed by atoms with Crippen LogP contribution in [0.5, 0.6) is 5.75 Å². The average molecular weight is 446 g/mol. The number of halogens is 1. The molecule has 7 nitrogen and oxygen atoms in total. The summed E-state index contributed by atoms with van der Waals surface area (Å²) in [5, 5.41) is 11.4. The number of benzene rings is 3. The van der Waals surface area contributed by atoms with Crippen LogP contribution >= 0.6 is 11.6 Å². The number of hydrogen-bond acceptors (Lipinski definition) is 6. The summed E-state index contributed by atoms with van der Waals surface area (Å²) in [5.74, 6) is -0.612. The lowest BCUT2D eigenvalue weighted by Crippen LogP contribution is -2.14. The first-order chi connectivity index (χ1) is 14.1. The number of carbonyl (C=O) groups is 1. The Morgan fingerprint density at radius 1 is 1.00 bits per heavy atom. The molecule has 0 aliphatic heterocycles. The van der Waals surface area contributed by atoms with Gasteiger partial charge in [-0.25, -0.2) is 13.2 Å². The molecule has 0 aromatic heterocycles. The van der Waals surface area contributed by atoms with Gasteiger partial charge in [-0.3, -0.25) is 10.1 Å². The number of nitrogens with zero attached hydrogens (tertiary/aromatic N) is 1. The second-order valence-corrected chi connectivity index (χ2v) is 8.81. The molecule has 0 unspecified atom stereocenters. The number of rotatable bonds is 5. The van der Waals surface area contributed by atoms with Gasteiger partial charge in [0.25, 0.3) is 5.69 Å². The Balaban J connectivity index is 1.99. The minimum Gasteiger partial charge on any atom is -0.423 e. The van der Waals surface area contributed by atoms with E-state index in [0.717, 1.165) is 24.3 Å². The van der Waals surface area contributed by atoms with Gasteiger partial charge >= 0.3 is 5.97 Å². The van der Waals surface area contributed by atoms with E-state index in [0.29, 0.717) is 16.1 Å². The molecule has 9 heteroatoms. The van der Waals surface area contributed by atoms with Gasteiger partial charge in [0.05, 0.1) is 20.3 Å². The van der Waals surface area contributed by atoms with Crippen LogP contribution in [0.4, 0.5) is 5.69 Å². The summed E-state index contributed by atoms with van der Waals surface area (Å²) < 4.78 is 31.5. The highest BCUT2D eigenvalue weighted by atomic mass is 35.5. The van der Waals surface area contributed by atoms with E-state index in [9.17, 15) is 23.3 Å². The zero-order chi connectivity index (χ0) is 22.1. The quantitative estimate of drug-likeness (QED) is 0.239. The summed E-state index contributed by atoms with van der Waals surface area (Å²) in [6.45, 7) is 3.53. The van der Waals surface area contributed by atoms with Gasteiger partial charge in [0.2, 0.25) is 9.84 Å². The fourth-order valence-electron chi connectivity index (χ4n) is 2.87. The molecular weight excluding hydrogens is 430 g/mol. The van der Waals surface area contributed by atoms with E-state index in [4.69, 9.17) is 16.3 Å². The Morgan fingerprint density at radius 2 is 1.57 bits per heavy atom. The predicted octanol–water partition coefficient (Wildman–Crippen LogP) is 4.92. The van der Waals surface area contributed by atoms with Crippen molar-refractivity contribution in [2.45, 2.75) is 23.6 Å². The maximum absolute atomic E-state index is 13.1. The van der Waals surface area contributed by atoms with Crippen molar-refractivity contribution in [3.05, 3.63) is 92.5 Å². The average Bonchev–Trinajstić information content (AvgIpc) is 2.72. The van der Waals surface area contributed by atoms with Crippen LogP contribution < -0.4 is 4.74 Å². The highest BCUT2D eigenvalue weighted by molar-refractivity contribution is 7.91. The van der Waals surface area contributed by atoms with Gasteiger partial charge in [0.1, 0.15) is 5.75 Å². The molecule has 0 heterocycles. The van der Waals surface area contributed by atoms with Crippen LogP contribution in [-0.2, 0) is 9.84 Å². The zero-order valence-corrected chi connectivity index (χ0v) is 17.5. The Morgan fingerprint density at radius 3 is 2.13 bits per heavy atom. The van der Waals surface area contributed by atoms with E-state index in [-0.39, 0.29) is 26.8 Å². The molecule has 0 radical (unpaired) electrons. The molecule has 0 saturated carbocycles. The second kappa shape index (κ2) is 8.25. The second-order valence-electron chi connectivity index (χ2n) is 6.51. The molecule has 154 valence electrons. The SMILES string of the molecule is Cc1cc(OC(=O)c2ccccc2S(=O)(=O)c2ccc([N+](=O)[O-])cc2)cc(C)c1Cl. The predicted molar refractivity (Wildman–Crippen MR) is 111 cm³/mol. The number of non-ortho nitro benzene ring substituents is 1. The van der Waals surface area contributed by atoms with Crippen LogP contribution in [0.2, 0.25) is 5.02 Å². The van der Waals surface area contributed by atoms with Gasteiger partial charge in [-0.05, 0) is 61.4 Å². The Kier molecular flexibility index (Phi) is 5.91. The summed E-state index contributed by atoms with van der Waals surface area (Å²) >= 11 is 6.12. The van der Waals surface area contributed by atoms with Crippen LogP contribution in [0, 0.1) is 24.0 Å². The molecule has 3 rings (SSSR count). The minimum absolute atomic E-state index is 0.152. The van der Waals surface area contributed by atoms with Crippen molar-refractivity contribution in [2.75, 3.05) is 0 Å². The zero-order valence-electron chi connectivity index (χ0n) is 16.0. The third-order valence-corrected chi connectivity index (χ3v) is 6.80. The first-order valence-corrected chi connectivity index (χ1v) is 10.5. The number of hydrogen-bond donors (Lipinski definition) is 0. The van der Waals surface area contributed by atoms with Crippen molar-refractivity contribution in [3.8, 4) is 5.75 Å². The molecule has 3 aromatic rings. The van der Waals surface area contributed by atoms with Crippen molar-refractivity contribution in [3.63, 3.8) is 0 Å². The minimum atomic E-state index is -4.12. The number of ether oxygens (including phenoxy) is 1. The lowest BCUT2D eigenvalue weighted by molar-refractivity contribution is -0.384. The molecule has 3 aromatic carbocycles. The van der Waals surface area contributed by atoms with Crippen molar-refractivity contribution in [2.24, 2.45) is 0 Å². The number of esters is 1. The maximum atomic E-state index is 13.1. The smallest absolute Gasteiger partial charge is 0.344 e. The molecule has 0 amide bonds. The van der Waals surface area contributed by atoms with Crippen LogP contribution in [0.25, 0.3) is 0 Å². The molecular formula is C21H16ClNO6S. The van der Waals surface area contributed by atoms with Gasteiger partial charge in [-0.15, -0.1) is 0 Å². The molecule has 0 N–H and O–H groups in total. The van der Waals surface area contributed by atoms with Crippen molar-refractivity contribution >= 4 is 33.1 Å². The van der Waals surface area contributed by atoms with Gasteiger partial charge < -0.3 is 4.74 Å². The van der Waals surface area contributed by atoms with Crippen molar-refractivity contribution in [1.29, 1.82) is 0 Å². The van der Waals surface area contributed by atoms with Gasteiger partial charge in [0, 0.05) is 17.2 Å². The van der Waals surface area contributed by atoms with E-state index in [1.807, 2.05) is 0 Å². The van der Waals surface area contributed by atoms with E-state index < -0.39 is 20.7 Å². The molecule has 0 fully saturated rings. The van der Waals surface area contributed by atoms with Gasteiger partial charge in [-0.2, -0.15) is 0 Å². The first kappa shape index (κ1) is 21.5. The number of nitro benzene ring substituents is 1. The first-order valence-electron chi connectivity index (χ1n) is 8.69. The largest absolute Gasteiger partial charge is 0.423 e. The fourth-order valence-corrected chi connectivity index (χ4v) is 4.43. The third-order valence-electron chi connectivity index (χ3n) is 4.37. The van der Waals surface area contributed by atoms with E-state index in [1.165, 1.54) is 24.3 Å². The Hall–Kier alpha value is -3.23. The highest BCUT2D eigenvalue weighted by Crippen LogP contribution is 2.29. The Labute approximate surface area is 177 Å². The van der Waals surface area contributed by atoms with E-state index >= 15 is 0 Å². The summed E-state index contributed by atoms with van der Waals surface area (Å²) in [7, 11) is -4.12. The summed E-state index contributed by atoms with van der Waals surface area (Å²) in [4.78, 5) is 22.5. The molecule has 0 bridgehead atoms. The topological polar surface area (TPSA) is 104 Å². The van der Waals surface area contributed by atoms with Crippen molar-refractivity contribution < 1.29 is 22.9 Å². The van der Waals surface area contributed by atoms with E-state index in [1.54, 1.807) is 26.0 Å². The van der Waals surface area contributed by atoms with Gasteiger partial charge in [0.15, 0.2) is 0 Å². The Bertz CT molecular complexity index is 1230. The van der Waals surface area contributed by atoms with E-state index in [2.05, 4.69) is 0 Å². The number of aryl methyl sites for hydroxylation is 2. The van der Waals surface area contributed by atoms with Crippen LogP contribution in [-0.4, -0.2) is 19.3 Å². The molecule has 0 spiro atoms. The number of sulfone groups is 1. The number of nitro groups is 1. The summed E-state index contributed by atoms with van der Waals surface area (Å²) in [6, 6.07) is 13.2. The maximum Gasteiger partial charge on any atom is 0.344 e. The highest BCUT2D eigenvalue weighted by Gasteiger charge is 2.26. The van der Waals surface area contributed by atoms with Crippen molar-refractivity contribution in [1.82, 2.24) is 0 Å². The third kappa shape index (κ3) is 4.19. The van der Waals surface area contributed by atoms with Crippen LogP contribution in [0.1, 0.15) is 21.5 Å². The van der Waals surface area contributed by atoms with Crippen LogP contribution in [0.3, 0.4) is 0 Å². The fraction of sp³-hybridized carbons (Fsp3) is 0.0952. The summed E-state index contributed by atoms with van der Waals surface area (Å²) in [6.07, 6.45) is 0. The monoisotopic (exact) mass is 445 g/mol. The molecule has 0 saturated heterocycles. The van der Waals surface area contributed by atoms with Crippen LogP contribution in [0.15, 0.2) is 70.5 Å². The molecule has 30 heavy (non-hydrogen) atoms. The van der Waals surface area contributed by atoms with Gasteiger partial charge in [-0.1, -0.05) is 23.7 Å². The lowest BCUT2D eigenvalue weighted by Gasteiger charge is -2.12. The molecule has 0 aliphatic rings. The lowest BCUT2D eigenvalue weighted by atomic mass is 10.1. The number of carbonyl (C=O) groups excluding carboxylic acids is 1. The molecule has 0 atom stereocenters. The molecule has 0 aliphatic carbocycles. The standard InChI is InChI=1S/C21H16ClNO6S/c1-13-11-16(12-14(2)20(13)22)29-21(24)18-5-3-4-6-19(18)30(27,28)17-9-7-15(8-10-17)23(25)26/h3-12H,1-2H3. The normalized spacial score (nSPS) is 11.2. The summed E-state index contributed by atoms with van der Waals surface area (Å²) in [5.41, 5.74) is 1.04.